The molecule has 2 rings (SSSR count). The molecule has 2 aromatic rings. The zero-order valence-corrected chi connectivity index (χ0v) is 11.0. The number of halogens is 3. The zero-order valence-electron chi connectivity index (χ0n) is 11.0. The summed E-state index contributed by atoms with van der Waals surface area (Å²) < 4.78 is 37.2. The molecule has 20 heavy (non-hydrogen) atoms. The summed E-state index contributed by atoms with van der Waals surface area (Å²) in [6.45, 7) is 0.797. The van der Waals surface area contributed by atoms with E-state index < -0.39 is 11.7 Å². The molecule has 0 saturated carbocycles. The van der Waals surface area contributed by atoms with Gasteiger partial charge in [0.05, 0.1) is 5.56 Å². The van der Waals surface area contributed by atoms with Crippen LogP contribution >= 0.6 is 0 Å². The van der Waals surface area contributed by atoms with E-state index in [4.69, 9.17) is 0 Å². The molecule has 2 aromatic carbocycles. The van der Waals surface area contributed by atoms with Crippen LogP contribution in [0.4, 0.5) is 18.9 Å². The van der Waals surface area contributed by atoms with Gasteiger partial charge >= 0.3 is 6.18 Å². The Bertz CT molecular complexity index is 518. The lowest BCUT2D eigenvalue weighted by Gasteiger charge is -2.08. The highest BCUT2D eigenvalue weighted by Crippen LogP contribution is 2.29. The first-order chi connectivity index (χ1) is 9.55. The number of rotatable bonds is 5. The molecule has 1 nitrogen and oxygen atoms in total. The summed E-state index contributed by atoms with van der Waals surface area (Å²) in [7, 11) is 0. The fourth-order valence-corrected chi connectivity index (χ4v) is 1.94. The summed E-state index contributed by atoms with van der Waals surface area (Å²) >= 11 is 0. The first-order valence-electron chi connectivity index (χ1n) is 6.51. The Hall–Kier alpha value is -1.97. The van der Waals surface area contributed by atoms with Crippen LogP contribution in [0.25, 0.3) is 0 Å². The van der Waals surface area contributed by atoms with E-state index in [1.807, 2.05) is 30.3 Å². The Morgan fingerprint density at radius 1 is 0.850 bits per heavy atom. The van der Waals surface area contributed by atoms with Gasteiger partial charge in [0, 0.05) is 12.2 Å². The molecule has 0 spiro atoms. The highest BCUT2D eigenvalue weighted by molar-refractivity contribution is 5.42. The van der Waals surface area contributed by atoms with Crippen LogP contribution in [0.2, 0.25) is 0 Å². The number of para-hydroxylation sites is 1. The second-order valence-corrected chi connectivity index (χ2v) is 4.59. The lowest BCUT2D eigenvalue weighted by molar-refractivity contribution is -0.137. The van der Waals surface area contributed by atoms with Crippen LogP contribution in [0, 0.1) is 0 Å². The van der Waals surface area contributed by atoms with Crippen molar-refractivity contribution in [2.24, 2.45) is 0 Å². The molecule has 0 atom stereocenters. The van der Waals surface area contributed by atoms with Gasteiger partial charge in [0.15, 0.2) is 0 Å². The van der Waals surface area contributed by atoms with Gasteiger partial charge in [0.1, 0.15) is 0 Å². The maximum atomic E-state index is 12.4. The van der Waals surface area contributed by atoms with Gasteiger partial charge in [0.2, 0.25) is 0 Å². The summed E-state index contributed by atoms with van der Waals surface area (Å²) in [4.78, 5) is 0. The molecule has 0 aliphatic carbocycles. The monoisotopic (exact) mass is 279 g/mol. The van der Waals surface area contributed by atoms with Gasteiger partial charge in [-0.05, 0) is 42.7 Å². The summed E-state index contributed by atoms with van der Waals surface area (Å²) in [6, 6.07) is 15.2. The minimum Gasteiger partial charge on any atom is -0.385 e. The highest BCUT2D eigenvalue weighted by atomic mass is 19.4. The van der Waals surface area contributed by atoms with Crippen LogP contribution in [-0.2, 0) is 12.6 Å². The van der Waals surface area contributed by atoms with Crippen LogP contribution in [-0.4, -0.2) is 6.54 Å². The van der Waals surface area contributed by atoms with Crippen molar-refractivity contribution in [1.29, 1.82) is 0 Å². The molecule has 0 aliphatic heterocycles. The van der Waals surface area contributed by atoms with Crippen molar-refractivity contribution >= 4 is 5.69 Å². The molecule has 1 N–H and O–H groups in total. The quantitative estimate of drug-likeness (QED) is 0.779. The second-order valence-electron chi connectivity index (χ2n) is 4.59. The lowest BCUT2D eigenvalue weighted by atomic mass is 10.1. The average molecular weight is 279 g/mol. The molecular weight excluding hydrogens is 263 g/mol. The normalized spacial score (nSPS) is 11.3. The summed E-state index contributed by atoms with van der Waals surface area (Å²) in [5.74, 6) is 0. The van der Waals surface area contributed by atoms with Crippen LogP contribution in [0.1, 0.15) is 17.5 Å². The third-order valence-corrected chi connectivity index (χ3v) is 3.03. The van der Waals surface area contributed by atoms with E-state index in [2.05, 4.69) is 5.32 Å². The fraction of sp³-hybridized carbons (Fsp3) is 0.250. The van der Waals surface area contributed by atoms with Gasteiger partial charge in [-0.25, -0.2) is 0 Å². The fourth-order valence-electron chi connectivity index (χ4n) is 1.94. The number of aryl methyl sites for hydroxylation is 1. The van der Waals surface area contributed by atoms with Crippen LogP contribution in [0.3, 0.4) is 0 Å². The molecule has 0 radical (unpaired) electrons. The molecule has 0 aliphatic rings. The standard InChI is InChI=1S/C16H16F3N/c17-16(18,19)14-10-8-13(9-11-14)5-4-12-20-15-6-2-1-3-7-15/h1-3,6-11,20H,4-5,12H2. The van der Waals surface area contributed by atoms with E-state index in [0.29, 0.717) is 0 Å². The third kappa shape index (κ3) is 4.30. The van der Waals surface area contributed by atoms with Crippen molar-refractivity contribution in [1.82, 2.24) is 0 Å². The third-order valence-electron chi connectivity index (χ3n) is 3.03. The number of benzene rings is 2. The Morgan fingerprint density at radius 3 is 2.10 bits per heavy atom. The molecule has 0 saturated heterocycles. The molecule has 106 valence electrons. The van der Waals surface area contributed by atoms with E-state index in [0.717, 1.165) is 42.8 Å². The molecule has 0 fully saturated rings. The van der Waals surface area contributed by atoms with E-state index >= 15 is 0 Å². The molecule has 4 heteroatoms. The smallest absolute Gasteiger partial charge is 0.385 e. The summed E-state index contributed by atoms with van der Waals surface area (Å²) in [5, 5.41) is 3.27. The lowest BCUT2D eigenvalue weighted by Crippen LogP contribution is -2.05. The highest BCUT2D eigenvalue weighted by Gasteiger charge is 2.29. The first-order valence-corrected chi connectivity index (χ1v) is 6.51. The van der Waals surface area contributed by atoms with Gasteiger partial charge in [-0.2, -0.15) is 13.2 Å². The van der Waals surface area contributed by atoms with Crippen molar-refractivity contribution in [3.05, 3.63) is 65.7 Å². The molecule has 0 heterocycles. The molecule has 0 aromatic heterocycles. The number of nitrogens with one attached hydrogen (secondary N) is 1. The van der Waals surface area contributed by atoms with E-state index in [1.54, 1.807) is 12.1 Å². The largest absolute Gasteiger partial charge is 0.416 e. The van der Waals surface area contributed by atoms with E-state index in [9.17, 15) is 13.2 Å². The first kappa shape index (κ1) is 14.4. The van der Waals surface area contributed by atoms with Gasteiger partial charge in [0.25, 0.3) is 0 Å². The van der Waals surface area contributed by atoms with Crippen LogP contribution in [0.5, 0.6) is 0 Å². The molecule has 0 unspecified atom stereocenters. The number of alkyl halides is 3. The minimum atomic E-state index is -4.26. The maximum absolute atomic E-state index is 12.4. The van der Waals surface area contributed by atoms with Gasteiger partial charge in [-0.3, -0.25) is 0 Å². The number of hydrogen-bond acceptors (Lipinski definition) is 1. The minimum absolute atomic E-state index is 0.594. The second kappa shape index (κ2) is 6.46. The zero-order chi connectivity index (χ0) is 14.4. The Kier molecular flexibility index (Phi) is 4.66. The number of hydrogen-bond donors (Lipinski definition) is 1. The topological polar surface area (TPSA) is 12.0 Å². The van der Waals surface area contributed by atoms with Crippen LogP contribution in [0.15, 0.2) is 54.6 Å². The Labute approximate surface area is 116 Å². The van der Waals surface area contributed by atoms with Crippen molar-refractivity contribution in [3.8, 4) is 0 Å². The van der Waals surface area contributed by atoms with Gasteiger partial charge < -0.3 is 5.32 Å². The maximum Gasteiger partial charge on any atom is 0.416 e. The van der Waals surface area contributed by atoms with Crippen molar-refractivity contribution < 1.29 is 13.2 Å². The summed E-state index contributed by atoms with van der Waals surface area (Å²) in [6.07, 6.45) is -2.62. The van der Waals surface area contributed by atoms with E-state index in [-0.39, 0.29) is 0 Å². The Balaban J connectivity index is 1.77. The average Bonchev–Trinajstić information content (AvgIpc) is 2.44. The predicted molar refractivity (Wildman–Crippen MR) is 74.7 cm³/mol. The van der Waals surface area contributed by atoms with Crippen molar-refractivity contribution in [2.45, 2.75) is 19.0 Å². The van der Waals surface area contributed by atoms with Crippen LogP contribution < -0.4 is 5.32 Å². The number of anilines is 1. The molecule has 0 amide bonds. The van der Waals surface area contributed by atoms with Gasteiger partial charge in [-0.15, -0.1) is 0 Å². The van der Waals surface area contributed by atoms with Crippen molar-refractivity contribution in [3.63, 3.8) is 0 Å². The SMILES string of the molecule is FC(F)(F)c1ccc(CCCNc2ccccc2)cc1. The molecular formula is C16H16F3N. The molecule has 0 bridgehead atoms. The van der Waals surface area contributed by atoms with E-state index in [1.165, 1.54) is 0 Å². The van der Waals surface area contributed by atoms with Crippen molar-refractivity contribution in [2.75, 3.05) is 11.9 Å². The Morgan fingerprint density at radius 2 is 1.50 bits per heavy atom. The van der Waals surface area contributed by atoms with Gasteiger partial charge in [-0.1, -0.05) is 30.3 Å². The summed E-state index contributed by atoms with van der Waals surface area (Å²) in [5.41, 5.74) is 1.39. The predicted octanol–water partition coefficient (Wildman–Crippen LogP) is 4.75.